The van der Waals surface area contributed by atoms with Crippen LogP contribution in [0.1, 0.15) is 6.92 Å². The van der Waals surface area contributed by atoms with Crippen molar-refractivity contribution >= 4 is 21.6 Å². The van der Waals surface area contributed by atoms with E-state index in [0.717, 1.165) is 7.05 Å². The monoisotopic (exact) mass is 221 g/mol. The summed E-state index contributed by atoms with van der Waals surface area (Å²) in [7, 11) is -3.39. The van der Waals surface area contributed by atoms with Crippen molar-refractivity contribution in [2.24, 2.45) is 0 Å². The maximum atomic E-state index is 11.8. The Kier molecular flexibility index (Phi) is 4.36. The molecule has 0 aromatic heterocycles. The van der Waals surface area contributed by atoms with Crippen LogP contribution in [0.2, 0.25) is 0 Å². The molecule has 0 saturated heterocycles. The zero-order valence-corrected chi connectivity index (χ0v) is 8.24. The molecule has 3 nitrogen and oxygen atoms in total. The van der Waals surface area contributed by atoms with Gasteiger partial charge in [-0.05, 0) is 6.92 Å². The molecule has 1 unspecified atom stereocenters. The molecule has 1 atom stereocenters. The number of hydrogen-bond donors (Lipinski definition) is 0. The highest BCUT2D eigenvalue weighted by molar-refractivity contribution is 7.89. The molecule has 0 heterocycles. The number of rotatable bonds is 4. The minimum atomic E-state index is -4.46. The van der Waals surface area contributed by atoms with Crippen LogP contribution >= 0.6 is 11.6 Å². The van der Waals surface area contributed by atoms with Crippen molar-refractivity contribution in [2.45, 2.75) is 18.1 Å². The maximum absolute atomic E-state index is 11.8. The van der Waals surface area contributed by atoms with Gasteiger partial charge in [0.05, 0.1) is 0 Å². The second kappa shape index (κ2) is 4.34. The number of halogens is 3. The smallest absolute Gasteiger partial charge is 0.206 e. The van der Waals surface area contributed by atoms with Crippen LogP contribution in [0.25, 0.3) is 0 Å². The summed E-state index contributed by atoms with van der Waals surface area (Å²) < 4.78 is 45.6. The van der Waals surface area contributed by atoms with Crippen LogP contribution in [-0.2, 0) is 10.0 Å². The van der Waals surface area contributed by atoms with Crippen molar-refractivity contribution in [3.63, 3.8) is 0 Å². The fourth-order valence-corrected chi connectivity index (χ4v) is 1.59. The summed E-state index contributed by atoms with van der Waals surface area (Å²) in [5.74, 6) is -3.38. The highest BCUT2D eigenvalue weighted by Crippen LogP contribution is 2.11. The molecule has 0 amide bonds. The van der Waals surface area contributed by atoms with Gasteiger partial charge in [0.1, 0.15) is 0 Å². The van der Waals surface area contributed by atoms with Gasteiger partial charge in [-0.3, -0.25) is 0 Å². The van der Waals surface area contributed by atoms with Crippen LogP contribution in [0.4, 0.5) is 8.78 Å². The minimum Gasteiger partial charge on any atom is -0.206 e. The molecule has 7 heteroatoms. The van der Waals surface area contributed by atoms with E-state index in [4.69, 9.17) is 11.6 Å². The third-order valence-electron chi connectivity index (χ3n) is 1.17. The summed E-state index contributed by atoms with van der Waals surface area (Å²) in [6, 6.07) is 0. The molecular weight excluding hydrogens is 212 g/mol. The van der Waals surface area contributed by atoms with Gasteiger partial charge in [-0.15, -0.1) is 11.6 Å². The fourth-order valence-electron chi connectivity index (χ4n) is 0.594. The average Bonchev–Trinajstić information content (AvgIpc) is 1.85. The van der Waals surface area contributed by atoms with E-state index in [1.165, 1.54) is 6.92 Å². The topological polar surface area (TPSA) is 37.4 Å². The van der Waals surface area contributed by atoms with Gasteiger partial charge in [0.15, 0.2) is 0 Å². The summed E-state index contributed by atoms with van der Waals surface area (Å²) in [6.45, 7) is 1.41. The fraction of sp³-hybridized carbons (Fsp3) is 1.00. The Morgan fingerprint density at radius 3 is 2.17 bits per heavy atom. The van der Waals surface area contributed by atoms with Gasteiger partial charge in [-0.2, -0.15) is 13.1 Å². The quantitative estimate of drug-likeness (QED) is 0.667. The normalized spacial score (nSPS) is 15.6. The Morgan fingerprint density at radius 2 is 1.92 bits per heavy atom. The highest BCUT2D eigenvalue weighted by atomic mass is 35.5. The van der Waals surface area contributed by atoms with Crippen LogP contribution in [0.5, 0.6) is 0 Å². The predicted octanol–water partition coefficient (Wildman–Crippen LogP) is 1.10. The molecule has 12 heavy (non-hydrogen) atoms. The Morgan fingerprint density at radius 1 is 1.50 bits per heavy atom. The number of sulfonamides is 1. The van der Waals surface area contributed by atoms with Gasteiger partial charge >= 0.3 is 5.76 Å². The molecule has 0 saturated carbocycles. The summed E-state index contributed by atoms with van der Waals surface area (Å²) in [5, 5.41) is -0.483. The van der Waals surface area contributed by atoms with Gasteiger partial charge in [0.25, 0.3) is 10.0 Å². The van der Waals surface area contributed by atoms with Gasteiger partial charge in [-0.25, -0.2) is 8.42 Å². The second-order valence-electron chi connectivity index (χ2n) is 2.37. The lowest BCUT2D eigenvalue weighted by Crippen LogP contribution is -2.35. The molecule has 0 fully saturated rings. The summed E-state index contributed by atoms with van der Waals surface area (Å²) >= 11 is 5.43. The van der Waals surface area contributed by atoms with E-state index in [9.17, 15) is 17.2 Å². The van der Waals surface area contributed by atoms with E-state index >= 15 is 0 Å². The first kappa shape index (κ1) is 12.1. The zero-order valence-electron chi connectivity index (χ0n) is 6.67. The van der Waals surface area contributed by atoms with Crippen molar-refractivity contribution in [2.75, 3.05) is 13.6 Å². The Balaban J connectivity index is 4.38. The first-order valence-electron chi connectivity index (χ1n) is 3.16. The largest absolute Gasteiger partial charge is 0.350 e. The van der Waals surface area contributed by atoms with Crippen LogP contribution in [0.15, 0.2) is 0 Å². The summed E-state index contributed by atoms with van der Waals surface area (Å²) in [6.07, 6.45) is 0. The van der Waals surface area contributed by atoms with Crippen molar-refractivity contribution in [3.05, 3.63) is 0 Å². The molecule has 0 aliphatic rings. The zero-order chi connectivity index (χ0) is 9.94. The van der Waals surface area contributed by atoms with Crippen LogP contribution < -0.4 is 0 Å². The third kappa shape index (κ3) is 3.20. The van der Waals surface area contributed by atoms with Gasteiger partial charge in [-0.1, -0.05) is 0 Å². The van der Waals surface area contributed by atoms with Gasteiger partial charge in [0, 0.05) is 19.0 Å². The van der Waals surface area contributed by atoms with Crippen molar-refractivity contribution < 1.29 is 17.2 Å². The lowest BCUT2D eigenvalue weighted by atomic mass is 10.5. The lowest BCUT2D eigenvalue weighted by molar-refractivity contribution is 0.222. The molecule has 0 N–H and O–H groups in total. The lowest BCUT2D eigenvalue weighted by Gasteiger charge is -2.16. The van der Waals surface area contributed by atoms with Gasteiger partial charge < -0.3 is 0 Å². The SMILES string of the molecule is CC(Cl)CN(C)S(=O)(=O)C(F)F. The number of alkyl halides is 3. The Hall–Kier alpha value is 0.0600. The van der Waals surface area contributed by atoms with Crippen LogP contribution in [0, 0.1) is 0 Å². The average molecular weight is 222 g/mol. The van der Waals surface area contributed by atoms with Crippen LogP contribution in [0.3, 0.4) is 0 Å². The first-order valence-corrected chi connectivity index (χ1v) is 5.09. The predicted molar refractivity (Wildman–Crippen MR) is 42.9 cm³/mol. The molecule has 0 spiro atoms. The number of nitrogens with zero attached hydrogens (tertiary/aromatic N) is 1. The summed E-state index contributed by atoms with van der Waals surface area (Å²) in [4.78, 5) is 0. The second-order valence-corrected chi connectivity index (χ2v) is 5.12. The standard InChI is InChI=1S/C5H10ClF2NO2S/c1-4(6)3-9(2)12(10,11)5(7)8/h4-5H,3H2,1-2H3. The van der Waals surface area contributed by atoms with E-state index in [2.05, 4.69) is 0 Å². The molecule has 0 rings (SSSR count). The maximum Gasteiger partial charge on any atom is 0.350 e. The van der Waals surface area contributed by atoms with E-state index in [1.54, 1.807) is 0 Å². The molecule has 0 aliphatic heterocycles. The van der Waals surface area contributed by atoms with E-state index in [-0.39, 0.29) is 6.54 Å². The van der Waals surface area contributed by atoms with Crippen molar-refractivity contribution in [1.29, 1.82) is 0 Å². The number of hydrogen-bond acceptors (Lipinski definition) is 2. The third-order valence-corrected chi connectivity index (χ3v) is 2.77. The van der Waals surface area contributed by atoms with Gasteiger partial charge in [0.2, 0.25) is 0 Å². The molecule has 74 valence electrons. The van der Waals surface area contributed by atoms with Crippen molar-refractivity contribution in [3.8, 4) is 0 Å². The molecule has 0 radical (unpaired) electrons. The molecule has 0 aromatic rings. The van der Waals surface area contributed by atoms with Crippen molar-refractivity contribution in [1.82, 2.24) is 4.31 Å². The van der Waals surface area contributed by atoms with E-state index < -0.39 is 21.2 Å². The molecule has 0 bridgehead atoms. The first-order chi connectivity index (χ1) is 5.28. The minimum absolute atomic E-state index is 0.117. The van der Waals surface area contributed by atoms with E-state index in [1.807, 2.05) is 0 Å². The highest BCUT2D eigenvalue weighted by Gasteiger charge is 2.29. The molecular formula is C5H10ClF2NO2S. The Labute approximate surface area is 75.4 Å². The summed E-state index contributed by atoms with van der Waals surface area (Å²) in [5.41, 5.74) is 0. The Bertz CT molecular complexity index is 230. The molecule has 0 aromatic carbocycles. The van der Waals surface area contributed by atoms with E-state index in [0.29, 0.717) is 4.31 Å². The molecule has 0 aliphatic carbocycles. The van der Waals surface area contributed by atoms with Crippen LogP contribution in [-0.4, -0.2) is 37.5 Å².